The van der Waals surface area contributed by atoms with Gasteiger partial charge in [-0.2, -0.15) is 0 Å². The molecule has 1 aromatic heterocycles. The van der Waals surface area contributed by atoms with Gasteiger partial charge in [0, 0.05) is 5.39 Å². The molecule has 2 nitrogen and oxygen atoms in total. The lowest BCUT2D eigenvalue weighted by Crippen LogP contribution is -1.96. The van der Waals surface area contributed by atoms with Gasteiger partial charge in [-0.3, -0.25) is 0 Å². The van der Waals surface area contributed by atoms with E-state index in [1.54, 1.807) is 0 Å². The maximum Gasteiger partial charge on any atom is 0.142 e. The molecular weight excluding hydrogens is 227 g/mol. The van der Waals surface area contributed by atoms with E-state index in [4.69, 9.17) is 17.3 Å². The number of nitrogens with two attached hydrogens (primary N) is 1. The van der Waals surface area contributed by atoms with Gasteiger partial charge in [-0.15, -0.1) is 0 Å². The molecule has 0 atom stereocenters. The molecule has 0 amide bonds. The molecule has 0 fully saturated rings. The number of anilines is 1. The Bertz CT molecular complexity index is 552. The van der Waals surface area contributed by atoms with E-state index in [0.717, 1.165) is 5.56 Å². The third-order valence-corrected chi connectivity index (χ3v) is 2.86. The van der Waals surface area contributed by atoms with Crippen molar-refractivity contribution in [1.82, 2.24) is 4.98 Å². The zero-order valence-electron chi connectivity index (χ0n) is 9.09. The normalized spacial score (nSPS) is 11.3. The molecule has 84 valence electrons. The SMILES string of the molecule is CC(C)c1cc(F)c2cc(Cl)c(N)nc2c1. The summed E-state index contributed by atoms with van der Waals surface area (Å²) >= 11 is 5.81. The molecular formula is C12H12ClFN2. The number of benzene rings is 1. The van der Waals surface area contributed by atoms with E-state index in [1.807, 2.05) is 19.9 Å². The number of pyridine rings is 1. The molecule has 2 N–H and O–H groups in total. The van der Waals surface area contributed by atoms with Crippen molar-refractivity contribution in [3.63, 3.8) is 0 Å². The number of hydrogen-bond acceptors (Lipinski definition) is 2. The van der Waals surface area contributed by atoms with Gasteiger partial charge in [0.05, 0.1) is 10.5 Å². The highest BCUT2D eigenvalue weighted by Gasteiger charge is 2.10. The van der Waals surface area contributed by atoms with Crippen LogP contribution in [0.2, 0.25) is 5.02 Å². The Morgan fingerprint density at radius 3 is 2.62 bits per heavy atom. The van der Waals surface area contributed by atoms with Crippen molar-refractivity contribution in [3.8, 4) is 0 Å². The quantitative estimate of drug-likeness (QED) is 0.822. The second kappa shape index (κ2) is 3.91. The van der Waals surface area contributed by atoms with Gasteiger partial charge in [0.2, 0.25) is 0 Å². The monoisotopic (exact) mass is 238 g/mol. The van der Waals surface area contributed by atoms with Gasteiger partial charge in [-0.1, -0.05) is 25.4 Å². The summed E-state index contributed by atoms with van der Waals surface area (Å²) in [5, 5.41) is 0.687. The predicted octanol–water partition coefficient (Wildman–Crippen LogP) is 3.73. The standard InChI is InChI=1S/C12H12ClFN2/c1-6(2)7-3-10(14)8-5-9(13)12(15)16-11(8)4-7/h3-6H,1-2H3,(H2,15,16). The number of nitrogen functional groups attached to an aromatic ring is 1. The van der Waals surface area contributed by atoms with Crippen LogP contribution in [0, 0.1) is 5.82 Å². The molecule has 0 spiro atoms. The van der Waals surface area contributed by atoms with E-state index in [0.29, 0.717) is 10.9 Å². The highest BCUT2D eigenvalue weighted by molar-refractivity contribution is 6.33. The lowest BCUT2D eigenvalue weighted by atomic mass is 10.0. The Balaban J connectivity index is 2.77. The molecule has 0 bridgehead atoms. The molecule has 2 aromatic rings. The molecule has 4 heteroatoms. The summed E-state index contributed by atoms with van der Waals surface area (Å²) in [4.78, 5) is 4.08. The van der Waals surface area contributed by atoms with Crippen LogP contribution in [0.4, 0.5) is 10.2 Å². The number of halogens is 2. The molecule has 0 radical (unpaired) electrons. The van der Waals surface area contributed by atoms with Gasteiger partial charge in [0.25, 0.3) is 0 Å². The van der Waals surface area contributed by atoms with Crippen molar-refractivity contribution in [2.75, 3.05) is 5.73 Å². The number of rotatable bonds is 1. The molecule has 0 aliphatic rings. The minimum atomic E-state index is -0.310. The van der Waals surface area contributed by atoms with Crippen molar-refractivity contribution in [1.29, 1.82) is 0 Å². The second-order valence-electron chi connectivity index (χ2n) is 4.08. The Kier molecular flexibility index (Phi) is 2.72. The molecule has 1 aromatic carbocycles. The highest BCUT2D eigenvalue weighted by Crippen LogP contribution is 2.27. The van der Waals surface area contributed by atoms with Gasteiger partial charge in [-0.05, 0) is 29.7 Å². The fraction of sp³-hybridized carbons (Fsp3) is 0.250. The zero-order valence-corrected chi connectivity index (χ0v) is 9.85. The fourth-order valence-electron chi connectivity index (χ4n) is 1.58. The fourth-order valence-corrected chi connectivity index (χ4v) is 1.73. The minimum absolute atomic E-state index is 0.231. The largest absolute Gasteiger partial charge is 0.382 e. The van der Waals surface area contributed by atoms with Crippen LogP contribution in [0.5, 0.6) is 0 Å². The van der Waals surface area contributed by atoms with E-state index in [-0.39, 0.29) is 22.6 Å². The van der Waals surface area contributed by atoms with Crippen molar-refractivity contribution in [2.24, 2.45) is 0 Å². The third kappa shape index (κ3) is 1.83. The van der Waals surface area contributed by atoms with Gasteiger partial charge >= 0.3 is 0 Å². The summed E-state index contributed by atoms with van der Waals surface area (Å²) in [6.07, 6.45) is 0. The summed E-state index contributed by atoms with van der Waals surface area (Å²) in [6.45, 7) is 4.00. The van der Waals surface area contributed by atoms with Crippen LogP contribution in [0.3, 0.4) is 0 Å². The summed E-state index contributed by atoms with van der Waals surface area (Å²) in [5.41, 5.74) is 7.05. The molecule has 16 heavy (non-hydrogen) atoms. The minimum Gasteiger partial charge on any atom is -0.382 e. The van der Waals surface area contributed by atoms with Crippen LogP contribution in [0.15, 0.2) is 18.2 Å². The highest BCUT2D eigenvalue weighted by atomic mass is 35.5. The topological polar surface area (TPSA) is 38.9 Å². The van der Waals surface area contributed by atoms with E-state index < -0.39 is 0 Å². The first kappa shape index (κ1) is 11.1. The van der Waals surface area contributed by atoms with Crippen LogP contribution < -0.4 is 5.73 Å². The number of hydrogen-bond donors (Lipinski definition) is 1. The van der Waals surface area contributed by atoms with Crippen LogP contribution in [-0.4, -0.2) is 4.98 Å². The van der Waals surface area contributed by atoms with Crippen LogP contribution >= 0.6 is 11.6 Å². The first-order valence-corrected chi connectivity index (χ1v) is 5.42. The van der Waals surface area contributed by atoms with Crippen molar-refractivity contribution < 1.29 is 4.39 Å². The summed E-state index contributed by atoms with van der Waals surface area (Å²) in [7, 11) is 0. The van der Waals surface area contributed by atoms with Gasteiger partial charge in [0.15, 0.2) is 0 Å². The maximum absolute atomic E-state index is 13.8. The van der Waals surface area contributed by atoms with E-state index in [9.17, 15) is 4.39 Å². The average Bonchev–Trinajstić information content (AvgIpc) is 2.20. The van der Waals surface area contributed by atoms with Crippen molar-refractivity contribution in [2.45, 2.75) is 19.8 Å². The second-order valence-corrected chi connectivity index (χ2v) is 4.49. The van der Waals surface area contributed by atoms with Crippen LogP contribution in [0.25, 0.3) is 10.9 Å². The Morgan fingerprint density at radius 1 is 1.31 bits per heavy atom. The van der Waals surface area contributed by atoms with Gasteiger partial charge < -0.3 is 5.73 Å². The van der Waals surface area contributed by atoms with Crippen LogP contribution in [-0.2, 0) is 0 Å². The molecule has 0 saturated carbocycles. The molecule has 0 unspecified atom stereocenters. The average molecular weight is 239 g/mol. The molecule has 1 heterocycles. The Morgan fingerprint density at radius 2 is 2.00 bits per heavy atom. The van der Waals surface area contributed by atoms with Crippen molar-refractivity contribution >= 4 is 28.3 Å². The summed E-state index contributed by atoms with van der Waals surface area (Å²) in [5.74, 6) is 0.169. The van der Waals surface area contributed by atoms with E-state index >= 15 is 0 Å². The first-order valence-electron chi connectivity index (χ1n) is 5.04. The first-order chi connectivity index (χ1) is 7.49. The van der Waals surface area contributed by atoms with Crippen molar-refractivity contribution in [3.05, 3.63) is 34.6 Å². The number of aromatic nitrogens is 1. The Hall–Kier alpha value is -1.35. The van der Waals surface area contributed by atoms with Gasteiger partial charge in [-0.25, -0.2) is 9.37 Å². The molecule has 0 aliphatic carbocycles. The number of nitrogens with zero attached hydrogens (tertiary/aromatic N) is 1. The number of fused-ring (bicyclic) bond motifs is 1. The maximum atomic E-state index is 13.8. The Labute approximate surface area is 98.2 Å². The third-order valence-electron chi connectivity index (χ3n) is 2.55. The smallest absolute Gasteiger partial charge is 0.142 e. The molecule has 0 aliphatic heterocycles. The van der Waals surface area contributed by atoms with E-state index in [1.165, 1.54) is 12.1 Å². The molecule has 2 rings (SSSR count). The van der Waals surface area contributed by atoms with Crippen LogP contribution in [0.1, 0.15) is 25.3 Å². The zero-order chi connectivity index (χ0) is 11.9. The lowest BCUT2D eigenvalue weighted by molar-refractivity contribution is 0.635. The van der Waals surface area contributed by atoms with E-state index in [2.05, 4.69) is 4.98 Å². The lowest BCUT2D eigenvalue weighted by Gasteiger charge is -2.08. The molecule has 0 saturated heterocycles. The summed E-state index contributed by atoms with van der Waals surface area (Å²) in [6, 6.07) is 4.87. The van der Waals surface area contributed by atoms with Gasteiger partial charge in [0.1, 0.15) is 11.6 Å². The predicted molar refractivity (Wildman–Crippen MR) is 65.2 cm³/mol. The summed E-state index contributed by atoms with van der Waals surface area (Å²) < 4.78 is 13.8.